The van der Waals surface area contributed by atoms with E-state index in [1.807, 2.05) is 11.8 Å². The molecule has 1 aliphatic rings. The fourth-order valence-corrected chi connectivity index (χ4v) is 1.57. The third kappa shape index (κ3) is 1.67. The quantitative estimate of drug-likeness (QED) is 0.496. The van der Waals surface area contributed by atoms with Gasteiger partial charge >= 0.3 is 0 Å². The number of hydrogen-bond acceptors (Lipinski definition) is 2. The van der Waals surface area contributed by atoms with Crippen LogP contribution in [0.2, 0.25) is 0 Å². The summed E-state index contributed by atoms with van der Waals surface area (Å²) in [7, 11) is 0. The normalized spacial score (nSPS) is 39.8. The summed E-state index contributed by atoms with van der Waals surface area (Å²) in [5.74, 6) is 2.03. The highest BCUT2D eigenvalue weighted by atomic mass is 32.2. The van der Waals surface area contributed by atoms with Gasteiger partial charge in [-0.25, -0.2) is 0 Å². The van der Waals surface area contributed by atoms with E-state index < -0.39 is 0 Å². The van der Waals surface area contributed by atoms with E-state index in [2.05, 4.69) is 13.8 Å². The standard InChI is InChI=1S/C6H12OS/c1-5-3-7-6(2)8-4-5/h5-6H,3-4H2,1-2H3/t5-,6+/m1/s1. The van der Waals surface area contributed by atoms with Gasteiger partial charge in [0.15, 0.2) is 0 Å². The first-order valence-electron chi connectivity index (χ1n) is 3.02. The monoisotopic (exact) mass is 132 g/mol. The maximum atomic E-state index is 5.35. The van der Waals surface area contributed by atoms with Crippen LogP contribution in [0.15, 0.2) is 0 Å². The zero-order valence-electron chi connectivity index (χ0n) is 5.39. The Balaban J connectivity index is 2.19. The lowest BCUT2D eigenvalue weighted by Crippen LogP contribution is -2.20. The second-order valence-electron chi connectivity index (χ2n) is 2.34. The van der Waals surface area contributed by atoms with Gasteiger partial charge in [-0.05, 0) is 12.8 Å². The van der Waals surface area contributed by atoms with Gasteiger partial charge in [0.2, 0.25) is 0 Å². The molecule has 1 fully saturated rings. The van der Waals surface area contributed by atoms with E-state index in [1.54, 1.807) is 0 Å². The Bertz CT molecular complexity index is 56.9. The van der Waals surface area contributed by atoms with Gasteiger partial charge in [-0.1, -0.05) is 6.92 Å². The molecule has 0 bridgehead atoms. The molecule has 0 N–H and O–H groups in total. The van der Waals surface area contributed by atoms with Crippen molar-refractivity contribution in [1.29, 1.82) is 0 Å². The van der Waals surface area contributed by atoms with Gasteiger partial charge in [0.25, 0.3) is 0 Å². The highest BCUT2D eigenvalue weighted by Crippen LogP contribution is 2.21. The second kappa shape index (κ2) is 2.74. The molecule has 0 aromatic heterocycles. The summed E-state index contributed by atoms with van der Waals surface area (Å²) in [5, 5.41) is 0. The largest absolute Gasteiger partial charge is 0.368 e. The van der Waals surface area contributed by atoms with Crippen molar-refractivity contribution >= 4 is 11.8 Å². The van der Waals surface area contributed by atoms with Gasteiger partial charge in [0.1, 0.15) is 0 Å². The van der Waals surface area contributed by atoms with Crippen LogP contribution in [0.25, 0.3) is 0 Å². The predicted octanol–water partition coefficient (Wildman–Crippen LogP) is 1.73. The van der Waals surface area contributed by atoms with Crippen molar-refractivity contribution in [1.82, 2.24) is 0 Å². The van der Waals surface area contributed by atoms with Gasteiger partial charge in [0.05, 0.1) is 12.0 Å². The van der Waals surface area contributed by atoms with E-state index in [4.69, 9.17) is 4.74 Å². The lowest BCUT2D eigenvalue weighted by atomic mass is 10.2. The third-order valence-corrected chi connectivity index (χ3v) is 2.60. The maximum absolute atomic E-state index is 5.35. The van der Waals surface area contributed by atoms with Gasteiger partial charge in [-0.2, -0.15) is 0 Å². The molecule has 2 heteroatoms. The molecular formula is C6H12OS. The minimum Gasteiger partial charge on any atom is -0.368 e. The number of hydrogen-bond donors (Lipinski definition) is 0. The summed E-state index contributed by atoms with van der Waals surface area (Å²) in [6.07, 6.45) is 0. The van der Waals surface area contributed by atoms with Crippen LogP contribution in [0.1, 0.15) is 13.8 Å². The van der Waals surface area contributed by atoms with Gasteiger partial charge in [0, 0.05) is 5.75 Å². The highest BCUT2D eigenvalue weighted by Gasteiger charge is 2.13. The van der Waals surface area contributed by atoms with Crippen LogP contribution in [-0.4, -0.2) is 17.8 Å². The van der Waals surface area contributed by atoms with Crippen molar-refractivity contribution in [3.8, 4) is 0 Å². The average Bonchev–Trinajstić information content (AvgIpc) is 1.77. The lowest BCUT2D eigenvalue weighted by molar-refractivity contribution is 0.0915. The van der Waals surface area contributed by atoms with E-state index in [9.17, 15) is 0 Å². The van der Waals surface area contributed by atoms with Crippen molar-refractivity contribution in [2.75, 3.05) is 12.4 Å². The molecule has 0 amide bonds. The van der Waals surface area contributed by atoms with E-state index in [0.29, 0.717) is 5.44 Å². The second-order valence-corrected chi connectivity index (χ2v) is 3.67. The van der Waals surface area contributed by atoms with E-state index in [-0.39, 0.29) is 0 Å². The van der Waals surface area contributed by atoms with Crippen LogP contribution in [0.3, 0.4) is 0 Å². The molecule has 0 unspecified atom stereocenters. The van der Waals surface area contributed by atoms with E-state index >= 15 is 0 Å². The topological polar surface area (TPSA) is 9.23 Å². The van der Waals surface area contributed by atoms with Crippen molar-refractivity contribution in [3.63, 3.8) is 0 Å². The molecule has 1 aliphatic heterocycles. The van der Waals surface area contributed by atoms with Crippen LogP contribution in [0.4, 0.5) is 0 Å². The zero-order chi connectivity index (χ0) is 5.98. The molecule has 1 rings (SSSR count). The third-order valence-electron chi connectivity index (χ3n) is 1.23. The maximum Gasteiger partial charge on any atom is 0.0999 e. The van der Waals surface area contributed by atoms with Gasteiger partial charge < -0.3 is 4.74 Å². The van der Waals surface area contributed by atoms with Crippen molar-refractivity contribution in [2.24, 2.45) is 5.92 Å². The summed E-state index contributed by atoms with van der Waals surface area (Å²) >= 11 is 1.90. The SMILES string of the molecule is C[C@@H]1CO[C@H](C)SC1. The molecule has 0 radical (unpaired) electrons. The predicted molar refractivity (Wildman–Crippen MR) is 37.0 cm³/mol. The van der Waals surface area contributed by atoms with Gasteiger partial charge in [-0.15, -0.1) is 11.8 Å². The Morgan fingerprint density at radius 3 is 2.62 bits per heavy atom. The Hall–Kier alpha value is 0.310. The summed E-state index contributed by atoms with van der Waals surface area (Å²) < 4.78 is 5.35. The van der Waals surface area contributed by atoms with Crippen LogP contribution < -0.4 is 0 Å². The van der Waals surface area contributed by atoms with Crippen LogP contribution in [0, 0.1) is 5.92 Å². The minimum absolute atomic E-state index is 0.436. The van der Waals surface area contributed by atoms with Crippen LogP contribution >= 0.6 is 11.8 Å². The van der Waals surface area contributed by atoms with Crippen molar-refractivity contribution in [2.45, 2.75) is 19.3 Å². The molecule has 0 aromatic carbocycles. The zero-order valence-corrected chi connectivity index (χ0v) is 6.20. The molecule has 48 valence electrons. The first-order chi connectivity index (χ1) is 3.79. The molecule has 8 heavy (non-hydrogen) atoms. The molecule has 0 spiro atoms. The molecule has 1 nitrogen and oxygen atoms in total. The molecule has 0 aliphatic carbocycles. The fourth-order valence-electron chi connectivity index (χ4n) is 0.696. The van der Waals surface area contributed by atoms with Crippen molar-refractivity contribution < 1.29 is 4.74 Å². The number of rotatable bonds is 0. The summed E-state index contributed by atoms with van der Waals surface area (Å²) in [4.78, 5) is 0. The highest BCUT2D eigenvalue weighted by molar-refractivity contribution is 7.99. The van der Waals surface area contributed by atoms with Crippen molar-refractivity contribution in [3.05, 3.63) is 0 Å². The molecule has 1 heterocycles. The lowest BCUT2D eigenvalue weighted by Gasteiger charge is -2.22. The Morgan fingerprint density at radius 1 is 1.50 bits per heavy atom. The van der Waals surface area contributed by atoms with Gasteiger partial charge in [-0.3, -0.25) is 0 Å². The fraction of sp³-hybridized carbons (Fsp3) is 1.00. The first kappa shape index (κ1) is 6.43. The minimum atomic E-state index is 0.436. The van der Waals surface area contributed by atoms with Crippen LogP contribution in [-0.2, 0) is 4.74 Å². The molecule has 0 saturated carbocycles. The first-order valence-corrected chi connectivity index (χ1v) is 4.07. The molecule has 1 saturated heterocycles. The molecule has 0 aromatic rings. The Kier molecular flexibility index (Phi) is 2.20. The molecular weight excluding hydrogens is 120 g/mol. The smallest absolute Gasteiger partial charge is 0.0999 e. The van der Waals surface area contributed by atoms with Crippen LogP contribution in [0.5, 0.6) is 0 Å². The summed E-state index contributed by atoms with van der Waals surface area (Å²) in [6.45, 7) is 5.28. The van der Waals surface area contributed by atoms with E-state index in [1.165, 1.54) is 5.75 Å². The van der Waals surface area contributed by atoms with E-state index in [0.717, 1.165) is 12.5 Å². The molecule has 2 atom stereocenters. The Labute approximate surface area is 54.8 Å². The summed E-state index contributed by atoms with van der Waals surface area (Å²) in [6, 6.07) is 0. The number of ether oxygens (including phenoxy) is 1. The summed E-state index contributed by atoms with van der Waals surface area (Å²) in [5.41, 5.74) is 0.436. The average molecular weight is 132 g/mol. The number of thioether (sulfide) groups is 1. The Morgan fingerprint density at radius 2 is 2.25 bits per heavy atom.